The van der Waals surface area contributed by atoms with Crippen LogP contribution in [0.15, 0.2) is 30.3 Å². The number of aliphatic hydroxyl groups is 2. The highest BCUT2D eigenvalue weighted by Crippen LogP contribution is 2.42. The third kappa shape index (κ3) is 8.12. The van der Waals surface area contributed by atoms with E-state index in [2.05, 4.69) is 39.9 Å². The molecule has 0 radical (unpaired) electrons. The van der Waals surface area contributed by atoms with E-state index in [-0.39, 0.29) is 49.7 Å². The predicted octanol–water partition coefficient (Wildman–Crippen LogP) is 3.57. The second kappa shape index (κ2) is 12.9. The van der Waals surface area contributed by atoms with E-state index < -0.39 is 29.5 Å². The van der Waals surface area contributed by atoms with Crippen LogP contribution in [0.4, 0.5) is 9.59 Å². The van der Waals surface area contributed by atoms with Crippen molar-refractivity contribution in [3.8, 4) is 0 Å². The van der Waals surface area contributed by atoms with E-state index in [4.69, 9.17) is 9.47 Å². The molecule has 4 bridgehead atoms. The Labute approximate surface area is 245 Å². The number of amides is 2. The van der Waals surface area contributed by atoms with Gasteiger partial charge in [-0.1, -0.05) is 37.8 Å². The molecule has 0 spiro atoms. The Balaban J connectivity index is 0.000000238. The summed E-state index contributed by atoms with van der Waals surface area (Å²) < 4.78 is 10.6. The molecule has 5 rings (SSSR count). The summed E-state index contributed by atoms with van der Waals surface area (Å²) in [4.78, 5) is 26.1. The molecule has 2 aliphatic carbocycles. The number of hydrogen-bond acceptors (Lipinski definition) is 8. The van der Waals surface area contributed by atoms with Crippen molar-refractivity contribution < 1.29 is 29.3 Å². The average Bonchev–Trinajstić information content (AvgIpc) is 3.54. The number of nitrogens with zero attached hydrogens (tertiary/aromatic N) is 1. The second-order valence-corrected chi connectivity index (χ2v) is 13.7. The van der Waals surface area contributed by atoms with Gasteiger partial charge in [0.15, 0.2) is 0 Å². The van der Waals surface area contributed by atoms with Gasteiger partial charge in [-0.3, -0.25) is 4.90 Å². The van der Waals surface area contributed by atoms with Crippen LogP contribution in [0.5, 0.6) is 0 Å². The number of ether oxygens (including phenoxy) is 2. The molecular weight excluding hydrogens is 524 g/mol. The fraction of sp³-hybridized carbons (Fsp3) is 0.742. The highest BCUT2D eigenvalue weighted by Gasteiger charge is 2.54. The molecule has 10 nitrogen and oxygen atoms in total. The minimum Gasteiger partial charge on any atom is -0.444 e. The molecule has 2 amide bonds. The number of carbonyl (C=O) groups excluding carboxylic acids is 2. The normalized spacial score (nSPS) is 32.8. The van der Waals surface area contributed by atoms with Crippen molar-refractivity contribution in [2.45, 2.75) is 122 Å². The number of carbonyl (C=O) groups is 2. The van der Waals surface area contributed by atoms with Gasteiger partial charge in [0.25, 0.3) is 0 Å². The number of nitrogens with one attached hydrogen (secondary N) is 3. The molecule has 5 N–H and O–H groups in total. The van der Waals surface area contributed by atoms with Gasteiger partial charge in [-0.2, -0.15) is 0 Å². The summed E-state index contributed by atoms with van der Waals surface area (Å²) in [6.07, 6.45) is -0.0500. The van der Waals surface area contributed by atoms with Crippen LogP contribution < -0.4 is 16.0 Å². The van der Waals surface area contributed by atoms with Crippen molar-refractivity contribution in [3.05, 3.63) is 35.9 Å². The van der Waals surface area contributed by atoms with Gasteiger partial charge in [0, 0.05) is 19.1 Å². The fourth-order valence-corrected chi connectivity index (χ4v) is 6.66. The van der Waals surface area contributed by atoms with Gasteiger partial charge in [-0.15, -0.1) is 0 Å². The Morgan fingerprint density at radius 2 is 1.44 bits per heavy atom. The van der Waals surface area contributed by atoms with Crippen molar-refractivity contribution in [3.63, 3.8) is 0 Å². The van der Waals surface area contributed by atoms with Crippen molar-refractivity contribution in [2.24, 2.45) is 11.8 Å². The third-order valence-electron chi connectivity index (χ3n) is 8.26. The zero-order valence-electron chi connectivity index (χ0n) is 24.9. The Hall–Kier alpha value is -2.40. The van der Waals surface area contributed by atoms with Crippen LogP contribution in [-0.4, -0.2) is 88.0 Å². The van der Waals surface area contributed by atoms with E-state index in [1.54, 1.807) is 0 Å². The molecule has 2 saturated heterocycles. The Kier molecular flexibility index (Phi) is 10.4. The van der Waals surface area contributed by atoms with Crippen LogP contribution in [0.2, 0.25) is 0 Å². The Bertz CT molecular complexity index is 1030. The van der Waals surface area contributed by atoms with E-state index in [0.717, 1.165) is 25.9 Å². The highest BCUT2D eigenvalue weighted by molar-refractivity contribution is 5.69. The summed E-state index contributed by atoms with van der Waals surface area (Å²) in [5, 5.41) is 29.2. The number of likely N-dealkylation sites (tertiary alicyclic amines) is 1. The quantitative estimate of drug-likeness (QED) is 0.368. The lowest BCUT2D eigenvalue weighted by Crippen LogP contribution is -2.49. The van der Waals surface area contributed by atoms with Crippen LogP contribution in [-0.2, 0) is 9.47 Å². The second-order valence-electron chi connectivity index (χ2n) is 13.7. The summed E-state index contributed by atoms with van der Waals surface area (Å²) in [6.45, 7) is 15.0. The number of aliphatic hydroxyl groups excluding tert-OH is 2. The number of benzene rings is 1. The molecule has 41 heavy (non-hydrogen) atoms. The van der Waals surface area contributed by atoms with Gasteiger partial charge in [-0.05, 0) is 78.7 Å². The van der Waals surface area contributed by atoms with Crippen molar-refractivity contribution in [2.75, 3.05) is 13.1 Å². The highest BCUT2D eigenvalue weighted by atomic mass is 16.6. The Morgan fingerprint density at radius 1 is 0.902 bits per heavy atom. The number of hydrogen-bond donors (Lipinski definition) is 5. The number of rotatable bonds is 4. The first-order chi connectivity index (χ1) is 18.6. The molecule has 2 heterocycles. The van der Waals surface area contributed by atoms with Gasteiger partial charge < -0.3 is 35.6 Å². The van der Waals surface area contributed by atoms with Gasteiger partial charge in [-0.25, -0.2) is 9.59 Å². The van der Waals surface area contributed by atoms with Gasteiger partial charge >= 0.3 is 12.2 Å². The number of fused-ring (bicyclic) bond motifs is 4. The lowest BCUT2D eigenvalue weighted by atomic mass is 10.0. The summed E-state index contributed by atoms with van der Waals surface area (Å²) in [6, 6.07) is 10.4. The first kappa shape index (κ1) is 33.1. The van der Waals surface area contributed by atoms with Crippen LogP contribution in [0.3, 0.4) is 0 Å². The number of piperidine rings is 2. The molecule has 1 aromatic rings. The molecule has 0 aromatic heterocycles. The molecule has 2 saturated carbocycles. The molecule has 1 aromatic carbocycles. The third-order valence-corrected chi connectivity index (χ3v) is 8.26. The zero-order valence-corrected chi connectivity index (χ0v) is 24.9. The lowest BCUT2D eigenvalue weighted by Gasteiger charge is -2.36. The molecule has 4 aliphatic rings. The van der Waals surface area contributed by atoms with Gasteiger partial charge in [0.1, 0.15) is 11.2 Å². The zero-order chi connectivity index (χ0) is 29.4. The molecule has 4 fully saturated rings. The van der Waals surface area contributed by atoms with Crippen LogP contribution >= 0.6 is 0 Å². The largest absolute Gasteiger partial charge is 0.444 e. The molecular formula is C31H52N4O6. The van der Waals surface area contributed by atoms with E-state index in [1.807, 2.05) is 59.7 Å². The summed E-state index contributed by atoms with van der Waals surface area (Å²) in [5.74, 6) is 0.594. The van der Waals surface area contributed by atoms with Crippen molar-refractivity contribution in [1.82, 2.24) is 20.9 Å². The summed E-state index contributed by atoms with van der Waals surface area (Å²) in [7, 11) is 0. The van der Waals surface area contributed by atoms with E-state index in [9.17, 15) is 19.8 Å². The first-order valence-electron chi connectivity index (χ1n) is 14.5. The molecule has 232 valence electrons. The standard InChI is InChI=1S/C19H28N2O3.C11H20N2O3.CH4/c1-12(13-8-6-5-7-9-13)21-11-14-10-15(22)17(21)16(14)20-18(23)24-19(2,3)4;1-11(2,3)16-10(15)13-8-6-4-7(14)9(8)12-5-6;/h5-9,12,14-17,22H,10-11H2,1-4H3,(H,20,23);6-9,12,14H,4-5H2,1-3H3,(H,13,15);1H4/t12-,14+,15-,16+,17+;6-,7+,8-,9-;/m01./s1. The maximum atomic E-state index is 12.2. The van der Waals surface area contributed by atoms with Gasteiger partial charge in [0.05, 0.1) is 36.4 Å². The maximum absolute atomic E-state index is 12.2. The van der Waals surface area contributed by atoms with Crippen LogP contribution in [0, 0.1) is 11.8 Å². The van der Waals surface area contributed by atoms with E-state index in [1.165, 1.54) is 5.56 Å². The fourth-order valence-electron chi connectivity index (χ4n) is 6.66. The van der Waals surface area contributed by atoms with Crippen molar-refractivity contribution >= 4 is 12.2 Å². The minimum atomic E-state index is -0.516. The maximum Gasteiger partial charge on any atom is 0.407 e. The smallest absolute Gasteiger partial charge is 0.407 e. The molecule has 0 unspecified atom stereocenters. The molecule has 10 heteroatoms. The average molecular weight is 577 g/mol. The summed E-state index contributed by atoms with van der Waals surface area (Å²) >= 11 is 0. The predicted molar refractivity (Wildman–Crippen MR) is 158 cm³/mol. The lowest BCUT2D eigenvalue weighted by molar-refractivity contribution is 0.0295. The van der Waals surface area contributed by atoms with E-state index >= 15 is 0 Å². The summed E-state index contributed by atoms with van der Waals surface area (Å²) in [5.41, 5.74) is 0.235. The topological polar surface area (TPSA) is 132 Å². The molecule has 2 aliphatic heterocycles. The van der Waals surface area contributed by atoms with Gasteiger partial charge in [0.2, 0.25) is 0 Å². The van der Waals surface area contributed by atoms with Crippen LogP contribution in [0.25, 0.3) is 0 Å². The molecule has 9 atom stereocenters. The Morgan fingerprint density at radius 3 is 1.93 bits per heavy atom. The SMILES string of the molecule is C.CC(C)(C)OC(=O)N[C@@H]1[C@H]2CN[C@@H]1[C@@H](O)C2.C[C@@H](c1ccccc1)N1C[C@H]2C[C@H](O)[C@@H]1[C@@H]2NC(=O)OC(C)(C)C. The monoisotopic (exact) mass is 576 g/mol. The van der Waals surface area contributed by atoms with Crippen molar-refractivity contribution in [1.29, 1.82) is 0 Å². The van der Waals surface area contributed by atoms with E-state index in [0.29, 0.717) is 5.92 Å². The van der Waals surface area contributed by atoms with Crippen LogP contribution in [0.1, 0.15) is 80.3 Å². The first-order valence-corrected chi connectivity index (χ1v) is 14.5. The minimum absolute atomic E-state index is 0. The number of alkyl carbamates (subject to hydrolysis) is 2.